The number of nitrogens with two attached hydrogens (primary N) is 1. The van der Waals surface area contributed by atoms with Crippen molar-refractivity contribution < 1.29 is 0 Å². The van der Waals surface area contributed by atoms with Gasteiger partial charge >= 0.3 is 0 Å². The lowest BCUT2D eigenvalue weighted by Gasteiger charge is -2.33. The molecular weight excluding hydrogens is 225 g/mol. The SMILES string of the molecule is NC1CSC1c1ccc(Cl)c(Cl)c1. The van der Waals surface area contributed by atoms with Gasteiger partial charge in [-0.25, -0.2) is 0 Å². The fraction of sp³-hybridized carbons (Fsp3) is 0.333. The minimum Gasteiger partial charge on any atom is -0.326 e. The van der Waals surface area contributed by atoms with Crippen molar-refractivity contribution in [1.82, 2.24) is 0 Å². The summed E-state index contributed by atoms with van der Waals surface area (Å²) in [5.41, 5.74) is 7.02. The molecule has 2 unspecified atom stereocenters. The molecule has 1 heterocycles. The second kappa shape index (κ2) is 3.70. The topological polar surface area (TPSA) is 26.0 Å². The van der Waals surface area contributed by atoms with E-state index in [1.807, 2.05) is 30.0 Å². The van der Waals surface area contributed by atoms with E-state index in [1.54, 1.807) is 0 Å². The Morgan fingerprint density at radius 1 is 1.31 bits per heavy atom. The van der Waals surface area contributed by atoms with Gasteiger partial charge in [-0.3, -0.25) is 0 Å². The molecule has 0 radical (unpaired) electrons. The van der Waals surface area contributed by atoms with Crippen molar-refractivity contribution in [3.63, 3.8) is 0 Å². The van der Waals surface area contributed by atoms with E-state index in [2.05, 4.69) is 0 Å². The highest BCUT2D eigenvalue weighted by Crippen LogP contribution is 2.42. The Hall–Kier alpha value is 0.110. The van der Waals surface area contributed by atoms with Crippen LogP contribution >= 0.6 is 35.0 Å². The normalized spacial score (nSPS) is 27.0. The van der Waals surface area contributed by atoms with Crippen LogP contribution in [-0.4, -0.2) is 11.8 Å². The molecule has 1 nitrogen and oxygen atoms in total. The first-order chi connectivity index (χ1) is 6.18. The highest BCUT2D eigenvalue weighted by atomic mass is 35.5. The van der Waals surface area contributed by atoms with Crippen molar-refractivity contribution in [3.05, 3.63) is 33.8 Å². The third-order valence-corrected chi connectivity index (χ3v) is 4.43. The molecule has 2 rings (SSSR count). The predicted octanol–water partition coefficient (Wildman–Crippen LogP) is 3.11. The van der Waals surface area contributed by atoms with Gasteiger partial charge in [0.15, 0.2) is 0 Å². The van der Waals surface area contributed by atoms with E-state index in [0.717, 1.165) is 5.75 Å². The van der Waals surface area contributed by atoms with E-state index >= 15 is 0 Å². The van der Waals surface area contributed by atoms with Crippen molar-refractivity contribution >= 4 is 35.0 Å². The molecule has 0 aromatic heterocycles. The summed E-state index contributed by atoms with van der Waals surface area (Å²) >= 11 is 13.6. The molecule has 0 amide bonds. The molecule has 1 aliphatic heterocycles. The first-order valence-corrected chi connectivity index (χ1v) is 5.81. The minimum atomic E-state index is 0.266. The van der Waals surface area contributed by atoms with Gasteiger partial charge in [-0.1, -0.05) is 29.3 Å². The second-order valence-electron chi connectivity index (χ2n) is 3.09. The van der Waals surface area contributed by atoms with Gasteiger partial charge in [0.05, 0.1) is 10.0 Å². The maximum Gasteiger partial charge on any atom is 0.0595 e. The fourth-order valence-electron chi connectivity index (χ4n) is 1.34. The third kappa shape index (κ3) is 1.82. The number of hydrogen-bond donors (Lipinski definition) is 1. The van der Waals surface area contributed by atoms with Gasteiger partial charge in [0.1, 0.15) is 0 Å². The van der Waals surface area contributed by atoms with Crippen molar-refractivity contribution in [2.24, 2.45) is 5.73 Å². The van der Waals surface area contributed by atoms with E-state index < -0.39 is 0 Å². The summed E-state index contributed by atoms with van der Waals surface area (Å²) in [6.07, 6.45) is 0. The molecule has 0 saturated carbocycles. The number of rotatable bonds is 1. The molecule has 1 aromatic carbocycles. The van der Waals surface area contributed by atoms with E-state index in [-0.39, 0.29) is 6.04 Å². The van der Waals surface area contributed by atoms with Gasteiger partial charge in [-0.2, -0.15) is 11.8 Å². The Morgan fingerprint density at radius 3 is 2.54 bits per heavy atom. The highest BCUT2D eigenvalue weighted by Gasteiger charge is 2.29. The molecule has 1 aliphatic rings. The molecule has 70 valence electrons. The van der Waals surface area contributed by atoms with E-state index in [4.69, 9.17) is 28.9 Å². The molecule has 1 saturated heterocycles. The number of hydrogen-bond acceptors (Lipinski definition) is 2. The maximum absolute atomic E-state index is 5.90. The van der Waals surface area contributed by atoms with Crippen LogP contribution in [-0.2, 0) is 0 Å². The third-order valence-electron chi connectivity index (χ3n) is 2.13. The number of thioether (sulfide) groups is 1. The van der Waals surface area contributed by atoms with Crippen LogP contribution in [0.15, 0.2) is 18.2 Å². The van der Waals surface area contributed by atoms with Crippen LogP contribution in [0.3, 0.4) is 0 Å². The average Bonchev–Trinajstić information content (AvgIpc) is 2.09. The molecule has 2 atom stereocenters. The summed E-state index contributed by atoms with van der Waals surface area (Å²) in [7, 11) is 0. The van der Waals surface area contributed by atoms with Crippen molar-refractivity contribution in [2.75, 3.05) is 5.75 Å². The molecule has 13 heavy (non-hydrogen) atoms. The highest BCUT2D eigenvalue weighted by molar-refractivity contribution is 8.01. The number of benzene rings is 1. The average molecular weight is 234 g/mol. The van der Waals surface area contributed by atoms with Gasteiger partial charge in [0, 0.05) is 17.0 Å². The Kier molecular flexibility index (Phi) is 2.75. The van der Waals surface area contributed by atoms with Crippen LogP contribution in [0.4, 0.5) is 0 Å². The summed E-state index contributed by atoms with van der Waals surface area (Å²) < 4.78 is 0. The molecule has 0 bridgehead atoms. The molecule has 0 spiro atoms. The summed E-state index contributed by atoms with van der Waals surface area (Å²) in [5, 5.41) is 1.61. The van der Waals surface area contributed by atoms with Crippen molar-refractivity contribution in [2.45, 2.75) is 11.3 Å². The van der Waals surface area contributed by atoms with Crippen LogP contribution < -0.4 is 5.73 Å². The van der Waals surface area contributed by atoms with Crippen molar-refractivity contribution in [3.8, 4) is 0 Å². The molecule has 1 aromatic rings. The first kappa shape index (κ1) is 9.66. The summed E-state index contributed by atoms with van der Waals surface area (Å²) in [6.45, 7) is 0. The van der Waals surface area contributed by atoms with E-state index in [0.29, 0.717) is 15.3 Å². The van der Waals surface area contributed by atoms with E-state index in [9.17, 15) is 0 Å². The van der Waals surface area contributed by atoms with Gasteiger partial charge in [0.25, 0.3) is 0 Å². The lowest BCUT2D eigenvalue weighted by Crippen LogP contribution is -2.37. The molecule has 0 aliphatic carbocycles. The molecule has 1 fully saturated rings. The molecule has 2 N–H and O–H groups in total. The lowest BCUT2D eigenvalue weighted by atomic mass is 10.1. The predicted molar refractivity (Wildman–Crippen MR) is 59.6 cm³/mol. The maximum atomic E-state index is 5.90. The Labute approximate surface area is 91.6 Å². The molecule has 4 heteroatoms. The summed E-state index contributed by atoms with van der Waals surface area (Å²) in [5.74, 6) is 1.03. The van der Waals surface area contributed by atoms with Gasteiger partial charge in [-0.05, 0) is 17.7 Å². The smallest absolute Gasteiger partial charge is 0.0595 e. The molecular formula is C9H9Cl2NS. The van der Waals surface area contributed by atoms with Gasteiger partial charge in [-0.15, -0.1) is 0 Å². The van der Waals surface area contributed by atoms with Crippen molar-refractivity contribution in [1.29, 1.82) is 0 Å². The zero-order valence-electron chi connectivity index (χ0n) is 6.84. The largest absolute Gasteiger partial charge is 0.326 e. The van der Waals surface area contributed by atoms with E-state index in [1.165, 1.54) is 5.56 Å². The van der Waals surface area contributed by atoms with Crippen LogP contribution in [0.1, 0.15) is 10.8 Å². The Morgan fingerprint density at radius 2 is 2.08 bits per heavy atom. The Balaban J connectivity index is 2.26. The monoisotopic (exact) mass is 233 g/mol. The zero-order chi connectivity index (χ0) is 9.42. The van der Waals surface area contributed by atoms with Gasteiger partial charge in [0.2, 0.25) is 0 Å². The van der Waals surface area contributed by atoms with Crippen LogP contribution in [0.25, 0.3) is 0 Å². The van der Waals surface area contributed by atoms with Crippen LogP contribution in [0.2, 0.25) is 10.0 Å². The number of halogens is 2. The first-order valence-electron chi connectivity index (χ1n) is 4.00. The summed E-state index contributed by atoms with van der Waals surface area (Å²) in [6, 6.07) is 5.98. The quantitative estimate of drug-likeness (QED) is 0.807. The fourth-order valence-corrected chi connectivity index (χ4v) is 2.59. The van der Waals surface area contributed by atoms with Crippen LogP contribution in [0, 0.1) is 0 Å². The zero-order valence-corrected chi connectivity index (χ0v) is 9.16. The lowest BCUT2D eigenvalue weighted by molar-refractivity contribution is 0.687. The van der Waals surface area contributed by atoms with Crippen LogP contribution in [0.5, 0.6) is 0 Å². The van der Waals surface area contributed by atoms with Gasteiger partial charge < -0.3 is 5.73 Å². The second-order valence-corrected chi connectivity index (χ2v) is 5.08. The standard InChI is InChI=1S/C9H9Cl2NS/c10-6-2-1-5(3-7(6)11)9-8(12)4-13-9/h1-3,8-9H,4,12H2. The Bertz CT molecular complexity index is 329. The minimum absolute atomic E-state index is 0.266. The summed E-state index contributed by atoms with van der Waals surface area (Å²) in [4.78, 5) is 0.